The second-order valence-electron chi connectivity index (χ2n) is 6.76. The first-order valence-corrected chi connectivity index (χ1v) is 9.37. The van der Waals surface area contributed by atoms with Crippen molar-refractivity contribution < 1.29 is 14.6 Å². The maximum atomic E-state index is 12.7. The van der Waals surface area contributed by atoms with E-state index in [2.05, 4.69) is 11.9 Å². The van der Waals surface area contributed by atoms with Crippen LogP contribution in [-0.4, -0.2) is 11.0 Å². The molecule has 0 radical (unpaired) electrons. The minimum atomic E-state index is -0.446. The van der Waals surface area contributed by atoms with Gasteiger partial charge in [0.05, 0.1) is 11.3 Å². The van der Waals surface area contributed by atoms with E-state index in [0.717, 1.165) is 10.9 Å². The van der Waals surface area contributed by atoms with Crippen LogP contribution >= 0.6 is 0 Å². The van der Waals surface area contributed by atoms with Crippen LogP contribution in [0.15, 0.2) is 85.4 Å². The highest BCUT2D eigenvalue weighted by atomic mass is 16.5. The van der Waals surface area contributed by atoms with Gasteiger partial charge in [-0.1, -0.05) is 49.1 Å². The number of nitrogens with two attached hydrogens (primary N) is 1. The number of phenols is 1. The fourth-order valence-electron chi connectivity index (χ4n) is 3.15. The first-order valence-electron chi connectivity index (χ1n) is 9.37. The molecule has 4 aromatic rings. The standard InChI is InChI=1S/C25H20N2O3/c1-2-16-7-11-19(12-8-16)30-20-13-9-18(10-14-20)27-25(29)22-15-17-5-3-4-6-21(17)23(26)24(22)28/h2-15,28H,1,26H2,(H,27,29). The smallest absolute Gasteiger partial charge is 0.259 e. The van der Waals surface area contributed by atoms with E-state index in [-0.39, 0.29) is 17.0 Å². The Labute approximate surface area is 174 Å². The number of hydrogen-bond acceptors (Lipinski definition) is 4. The third-order valence-corrected chi connectivity index (χ3v) is 4.77. The van der Waals surface area contributed by atoms with Gasteiger partial charge in [0.25, 0.3) is 5.91 Å². The molecule has 0 heterocycles. The maximum absolute atomic E-state index is 12.7. The number of carbonyl (C=O) groups excluding carboxylic acids is 1. The summed E-state index contributed by atoms with van der Waals surface area (Å²) in [5.41, 5.74) is 7.90. The molecule has 0 saturated carbocycles. The van der Waals surface area contributed by atoms with Gasteiger partial charge in [-0.3, -0.25) is 4.79 Å². The van der Waals surface area contributed by atoms with Crippen molar-refractivity contribution in [3.05, 3.63) is 96.6 Å². The van der Waals surface area contributed by atoms with E-state index < -0.39 is 5.91 Å². The molecular formula is C25H20N2O3. The van der Waals surface area contributed by atoms with E-state index >= 15 is 0 Å². The molecule has 0 unspecified atom stereocenters. The molecule has 0 aliphatic rings. The van der Waals surface area contributed by atoms with Crippen LogP contribution in [0.5, 0.6) is 17.2 Å². The van der Waals surface area contributed by atoms with Gasteiger partial charge in [0.15, 0.2) is 5.75 Å². The number of carbonyl (C=O) groups is 1. The number of ether oxygens (including phenoxy) is 1. The topological polar surface area (TPSA) is 84.6 Å². The van der Waals surface area contributed by atoms with E-state index in [1.54, 1.807) is 42.5 Å². The van der Waals surface area contributed by atoms with Crippen LogP contribution in [0.25, 0.3) is 16.8 Å². The lowest BCUT2D eigenvalue weighted by Gasteiger charge is -2.12. The average molecular weight is 396 g/mol. The van der Waals surface area contributed by atoms with Gasteiger partial charge in [-0.25, -0.2) is 0 Å². The Kier molecular flexibility index (Phi) is 5.09. The quantitative estimate of drug-likeness (QED) is 0.293. The Hall–Kier alpha value is -4.25. The molecule has 0 spiro atoms. The van der Waals surface area contributed by atoms with Crippen molar-refractivity contribution in [3.8, 4) is 17.2 Å². The molecule has 0 aromatic heterocycles. The average Bonchev–Trinajstić information content (AvgIpc) is 2.78. The van der Waals surface area contributed by atoms with E-state index in [0.29, 0.717) is 22.6 Å². The third-order valence-electron chi connectivity index (χ3n) is 4.77. The molecule has 4 aromatic carbocycles. The number of hydrogen-bond donors (Lipinski definition) is 3. The van der Waals surface area contributed by atoms with Crippen LogP contribution in [0.1, 0.15) is 15.9 Å². The summed E-state index contributed by atoms with van der Waals surface area (Å²) in [5.74, 6) is 0.666. The van der Waals surface area contributed by atoms with Crippen molar-refractivity contribution in [2.75, 3.05) is 11.1 Å². The number of nitrogen functional groups attached to an aromatic ring is 1. The first kappa shape index (κ1) is 19.1. The summed E-state index contributed by atoms with van der Waals surface area (Å²) < 4.78 is 5.80. The predicted octanol–water partition coefficient (Wildman–Crippen LogP) is 5.82. The maximum Gasteiger partial charge on any atom is 0.259 e. The molecule has 0 aliphatic carbocycles. The number of nitrogens with one attached hydrogen (secondary N) is 1. The highest BCUT2D eigenvalue weighted by Gasteiger charge is 2.16. The summed E-state index contributed by atoms with van der Waals surface area (Å²) in [5, 5.41) is 14.6. The lowest BCUT2D eigenvalue weighted by atomic mass is 10.0. The number of fused-ring (bicyclic) bond motifs is 1. The van der Waals surface area contributed by atoms with Crippen molar-refractivity contribution in [2.45, 2.75) is 0 Å². The molecule has 1 amide bonds. The van der Waals surface area contributed by atoms with Crippen LogP contribution in [0.3, 0.4) is 0 Å². The summed E-state index contributed by atoms with van der Waals surface area (Å²) in [6, 6.07) is 23.5. The van der Waals surface area contributed by atoms with Gasteiger partial charge in [0.2, 0.25) is 0 Å². The normalized spacial score (nSPS) is 10.5. The van der Waals surface area contributed by atoms with Crippen molar-refractivity contribution in [1.29, 1.82) is 0 Å². The SMILES string of the molecule is C=Cc1ccc(Oc2ccc(NC(=O)c3cc4ccccc4c(N)c3O)cc2)cc1. The zero-order valence-corrected chi connectivity index (χ0v) is 16.1. The monoisotopic (exact) mass is 396 g/mol. The van der Waals surface area contributed by atoms with Gasteiger partial charge >= 0.3 is 0 Å². The largest absolute Gasteiger partial charge is 0.505 e. The summed E-state index contributed by atoms with van der Waals surface area (Å²) in [4.78, 5) is 12.7. The van der Waals surface area contributed by atoms with Gasteiger partial charge in [-0.2, -0.15) is 0 Å². The van der Waals surface area contributed by atoms with Crippen molar-refractivity contribution in [3.63, 3.8) is 0 Å². The molecule has 0 bridgehead atoms. The summed E-state index contributed by atoms with van der Waals surface area (Å²) in [6.07, 6.45) is 1.77. The fourth-order valence-corrected chi connectivity index (χ4v) is 3.15. The zero-order chi connectivity index (χ0) is 21.1. The first-order chi connectivity index (χ1) is 14.5. The van der Waals surface area contributed by atoms with E-state index in [1.165, 1.54) is 0 Å². The molecule has 0 saturated heterocycles. The Morgan fingerprint density at radius 1 is 0.967 bits per heavy atom. The van der Waals surface area contributed by atoms with Crippen molar-refractivity contribution in [2.24, 2.45) is 0 Å². The zero-order valence-electron chi connectivity index (χ0n) is 16.1. The molecule has 4 N–H and O–H groups in total. The second kappa shape index (κ2) is 8.01. The van der Waals surface area contributed by atoms with E-state index in [1.807, 2.05) is 42.5 Å². The van der Waals surface area contributed by atoms with Crippen LogP contribution in [0, 0.1) is 0 Å². The Balaban J connectivity index is 1.50. The molecule has 148 valence electrons. The van der Waals surface area contributed by atoms with Gasteiger partial charge in [0.1, 0.15) is 11.5 Å². The minimum Gasteiger partial charge on any atom is -0.505 e. The summed E-state index contributed by atoms with van der Waals surface area (Å²) in [6.45, 7) is 3.73. The molecule has 30 heavy (non-hydrogen) atoms. The number of amides is 1. The van der Waals surface area contributed by atoms with Gasteiger partial charge < -0.3 is 20.9 Å². The minimum absolute atomic E-state index is 0.119. The fraction of sp³-hybridized carbons (Fsp3) is 0. The number of aromatic hydroxyl groups is 1. The number of benzene rings is 4. The Bertz CT molecular complexity index is 1230. The van der Waals surface area contributed by atoms with Crippen molar-refractivity contribution >= 4 is 34.1 Å². The van der Waals surface area contributed by atoms with Crippen LogP contribution in [-0.2, 0) is 0 Å². The van der Waals surface area contributed by atoms with Crippen molar-refractivity contribution in [1.82, 2.24) is 0 Å². The van der Waals surface area contributed by atoms with Gasteiger partial charge in [0, 0.05) is 11.1 Å². The molecule has 0 aliphatic heterocycles. The predicted molar refractivity (Wildman–Crippen MR) is 121 cm³/mol. The molecule has 5 nitrogen and oxygen atoms in total. The molecule has 0 atom stereocenters. The number of rotatable bonds is 5. The van der Waals surface area contributed by atoms with Gasteiger partial charge in [-0.05, 0) is 53.4 Å². The van der Waals surface area contributed by atoms with Gasteiger partial charge in [-0.15, -0.1) is 0 Å². The van der Waals surface area contributed by atoms with Crippen LogP contribution in [0.2, 0.25) is 0 Å². The highest BCUT2D eigenvalue weighted by molar-refractivity contribution is 6.11. The van der Waals surface area contributed by atoms with Crippen LogP contribution < -0.4 is 15.8 Å². The van der Waals surface area contributed by atoms with E-state index in [9.17, 15) is 9.90 Å². The molecular weight excluding hydrogens is 376 g/mol. The van der Waals surface area contributed by atoms with E-state index in [4.69, 9.17) is 10.5 Å². The summed E-state index contributed by atoms with van der Waals surface area (Å²) in [7, 11) is 0. The third kappa shape index (κ3) is 3.82. The number of phenolic OH excluding ortho intramolecular Hbond substituents is 1. The molecule has 4 rings (SSSR count). The number of anilines is 2. The molecule has 0 fully saturated rings. The Morgan fingerprint density at radius 2 is 1.60 bits per heavy atom. The summed E-state index contributed by atoms with van der Waals surface area (Å²) >= 11 is 0. The second-order valence-corrected chi connectivity index (χ2v) is 6.76. The lowest BCUT2D eigenvalue weighted by molar-refractivity contribution is 0.102. The van der Waals surface area contributed by atoms with Crippen LogP contribution in [0.4, 0.5) is 11.4 Å². The highest BCUT2D eigenvalue weighted by Crippen LogP contribution is 2.34. The lowest BCUT2D eigenvalue weighted by Crippen LogP contribution is -2.12. The molecule has 5 heteroatoms. The Morgan fingerprint density at radius 3 is 2.27 bits per heavy atom.